The number of hydrogen-bond acceptors (Lipinski definition) is 3. The fourth-order valence-corrected chi connectivity index (χ4v) is 1.96. The van der Waals surface area contributed by atoms with Crippen molar-refractivity contribution in [3.8, 4) is 0 Å². The van der Waals surface area contributed by atoms with E-state index in [-0.39, 0.29) is 18.6 Å². The van der Waals surface area contributed by atoms with Crippen LogP contribution in [0.5, 0.6) is 0 Å². The Morgan fingerprint density at radius 2 is 1.75 bits per heavy atom. The molecule has 0 aliphatic heterocycles. The summed E-state index contributed by atoms with van der Waals surface area (Å²) in [5.74, 6) is -0.208. The predicted molar refractivity (Wildman–Crippen MR) is 79.3 cm³/mol. The van der Waals surface area contributed by atoms with Gasteiger partial charge < -0.3 is 16.2 Å². The van der Waals surface area contributed by atoms with Crippen LogP contribution >= 0.6 is 0 Å². The minimum Gasteiger partial charge on any atom is -0.399 e. The van der Waals surface area contributed by atoms with Crippen molar-refractivity contribution in [3.05, 3.63) is 65.7 Å². The summed E-state index contributed by atoms with van der Waals surface area (Å²) >= 11 is 0. The lowest BCUT2D eigenvalue weighted by molar-refractivity contribution is 0.0916. The normalized spacial score (nSPS) is 11.8. The number of carbonyl (C=O) groups is 1. The molecule has 2 rings (SSSR count). The molecule has 4 nitrogen and oxygen atoms in total. The molecule has 4 heteroatoms. The second-order valence-electron chi connectivity index (χ2n) is 4.66. The molecule has 0 aliphatic carbocycles. The van der Waals surface area contributed by atoms with Crippen molar-refractivity contribution in [3.63, 3.8) is 0 Å². The number of nitrogen functional groups attached to an aromatic ring is 1. The Kier molecular flexibility index (Phi) is 4.74. The van der Waals surface area contributed by atoms with Crippen LogP contribution in [-0.2, 0) is 6.42 Å². The lowest BCUT2D eigenvalue weighted by atomic mass is 10.1. The summed E-state index contributed by atoms with van der Waals surface area (Å²) in [5, 5.41) is 12.2. The third-order valence-electron chi connectivity index (χ3n) is 3.05. The minimum absolute atomic E-state index is 0.102. The summed E-state index contributed by atoms with van der Waals surface area (Å²) in [5.41, 5.74) is 7.81. The molecule has 0 saturated carbocycles. The Morgan fingerprint density at radius 3 is 2.35 bits per heavy atom. The van der Waals surface area contributed by atoms with Gasteiger partial charge in [0.2, 0.25) is 0 Å². The monoisotopic (exact) mass is 270 g/mol. The lowest BCUT2D eigenvalue weighted by Gasteiger charge is -2.16. The second kappa shape index (κ2) is 6.73. The Hall–Kier alpha value is -2.33. The zero-order valence-corrected chi connectivity index (χ0v) is 11.1. The van der Waals surface area contributed by atoms with E-state index in [0.29, 0.717) is 17.7 Å². The van der Waals surface area contributed by atoms with E-state index in [4.69, 9.17) is 5.73 Å². The zero-order chi connectivity index (χ0) is 14.4. The van der Waals surface area contributed by atoms with Gasteiger partial charge in [0.25, 0.3) is 5.91 Å². The number of hydrogen-bond donors (Lipinski definition) is 3. The summed E-state index contributed by atoms with van der Waals surface area (Å²) in [6.07, 6.45) is 0.595. The topological polar surface area (TPSA) is 75.4 Å². The molecule has 0 aromatic heterocycles. The van der Waals surface area contributed by atoms with Crippen molar-refractivity contribution in [1.29, 1.82) is 0 Å². The average molecular weight is 270 g/mol. The molecular weight excluding hydrogens is 252 g/mol. The molecule has 1 amide bonds. The van der Waals surface area contributed by atoms with Crippen LogP contribution in [0.2, 0.25) is 0 Å². The molecule has 0 spiro atoms. The third-order valence-corrected chi connectivity index (χ3v) is 3.05. The predicted octanol–water partition coefficient (Wildman–Crippen LogP) is 1.60. The van der Waals surface area contributed by atoms with Gasteiger partial charge >= 0.3 is 0 Å². The molecule has 0 radical (unpaired) electrons. The molecular formula is C16H18N2O2. The maximum absolute atomic E-state index is 12.1. The smallest absolute Gasteiger partial charge is 0.251 e. The molecule has 1 atom stereocenters. The van der Waals surface area contributed by atoms with E-state index in [2.05, 4.69) is 5.32 Å². The first-order valence-electron chi connectivity index (χ1n) is 6.50. The number of amides is 1. The first-order valence-corrected chi connectivity index (χ1v) is 6.50. The number of aliphatic hydroxyl groups excluding tert-OH is 1. The van der Waals surface area contributed by atoms with Gasteiger partial charge in [-0.2, -0.15) is 0 Å². The maximum Gasteiger partial charge on any atom is 0.251 e. The quantitative estimate of drug-likeness (QED) is 0.722. The number of rotatable bonds is 5. The van der Waals surface area contributed by atoms with Gasteiger partial charge in [-0.3, -0.25) is 4.79 Å². The Labute approximate surface area is 118 Å². The fraction of sp³-hybridized carbons (Fsp3) is 0.188. The molecule has 4 N–H and O–H groups in total. The Balaban J connectivity index is 1.99. The van der Waals surface area contributed by atoms with Crippen molar-refractivity contribution in [2.75, 3.05) is 12.3 Å². The van der Waals surface area contributed by atoms with Crippen molar-refractivity contribution in [2.45, 2.75) is 12.5 Å². The van der Waals surface area contributed by atoms with Gasteiger partial charge in [-0.1, -0.05) is 30.3 Å². The number of nitrogens with two attached hydrogens (primary N) is 1. The number of benzene rings is 2. The largest absolute Gasteiger partial charge is 0.399 e. The van der Waals surface area contributed by atoms with Crippen LogP contribution in [0.25, 0.3) is 0 Å². The van der Waals surface area contributed by atoms with Gasteiger partial charge in [-0.05, 0) is 36.2 Å². The van der Waals surface area contributed by atoms with Gasteiger partial charge in [-0.25, -0.2) is 0 Å². The summed E-state index contributed by atoms with van der Waals surface area (Å²) in [4.78, 5) is 12.1. The molecule has 0 aliphatic rings. The number of nitrogens with one attached hydrogen (secondary N) is 1. The van der Waals surface area contributed by atoms with Crippen molar-refractivity contribution < 1.29 is 9.90 Å². The maximum atomic E-state index is 12.1. The van der Waals surface area contributed by atoms with E-state index in [1.165, 1.54) is 0 Å². The van der Waals surface area contributed by atoms with Crippen LogP contribution in [0.3, 0.4) is 0 Å². The second-order valence-corrected chi connectivity index (χ2v) is 4.66. The van der Waals surface area contributed by atoms with Gasteiger partial charge in [0.15, 0.2) is 0 Å². The Bertz CT molecular complexity index is 552. The molecule has 0 unspecified atom stereocenters. The van der Waals surface area contributed by atoms with E-state index in [0.717, 1.165) is 5.56 Å². The molecule has 104 valence electrons. The first kappa shape index (κ1) is 14.1. The van der Waals surface area contributed by atoms with E-state index in [1.807, 2.05) is 30.3 Å². The average Bonchev–Trinajstić information content (AvgIpc) is 2.48. The molecule has 0 fully saturated rings. The van der Waals surface area contributed by atoms with Gasteiger partial charge in [-0.15, -0.1) is 0 Å². The van der Waals surface area contributed by atoms with Crippen LogP contribution < -0.4 is 11.1 Å². The van der Waals surface area contributed by atoms with E-state index >= 15 is 0 Å². The highest BCUT2D eigenvalue weighted by atomic mass is 16.3. The highest BCUT2D eigenvalue weighted by Gasteiger charge is 2.13. The van der Waals surface area contributed by atoms with E-state index in [1.54, 1.807) is 24.3 Å². The number of aliphatic hydroxyl groups is 1. The van der Waals surface area contributed by atoms with Gasteiger partial charge in [0, 0.05) is 11.3 Å². The summed E-state index contributed by atoms with van der Waals surface area (Å²) < 4.78 is 0. The summed E-state index contributed by atoms with van der Waals surface area (Å²) in [6, 6.07) is 16.1. The SMILES string of the molecule is Nc1ccc(C(=O)N[C@H](CO)Cc2ccccc2)cc1. The van der Waals surface area contributed by atoms with E-state index < -0.39 is 0 Å². The van der Waals surface area contributed by atoms with Crippen LogP contribution in [0.4, 0.5) is 5.69 Å². The van der Waals surface area contributed by atoms with E-state index in [9.17, 15) is 9.90 Å². The van der Waals surface area contributed by atoms with Crippen LogP contribution in [-0.4, -0.2) is 23.7 Å². The molecule has 0 heterocycles. The highest BCUT2D eigenvalue weighted by molar-refractivity contribution is 5.94. The van der Waals surface area contributed by atoms with Crippen LogP contribution in [0.15, 0.2) is 54.6 Å². The molecule has 20 heavy (non-hydrogen) atoms. The van der Waals surface area contributed by atoms with Crippen molar-refractivity contribution >= 4 is 11.6 Å². The van der Waals surface area contributed by atoms with Crippen LogP contribution in [0.1, 0.15) is 15.9 Å². The summed E-state index contributed by atoms with van der Waals surface area (Å²) in [7, 11) is 0. The zero-order valence-electron chi connectivity index (χ0n) is 11.1. The standard InChI is InChI=1S/C16H18N2O2/c17-14-8-6-13(7-9-14)16(20)18-15(11-19)10-12-4-2-1-3-5-12/h1-9,15,19H,10-11,17H2,(H,18,20)/t15-/m0/s1. The number of carbonyl (C=O) groups excluding carboxylic acids is 1. The molecule has 2 aromatic rings. The van der Waals surface area contributed by atoms with Gasteiger partial charge in [0.1, 0.15) is 0 Å². The summed E-state index contributed by atoms with van der Waals surface area (Å²) in [6.45, 7) is -0.102. The minimum atomic E-state index is -0.303. The fourth-order valence-electron chi connectivity index (χ4n) is 1.96. The Morgan fingerprint density at radius 1 is 1.10 bits per heavy atom. The molecule has 0 saturated heterocycles. The van der Waals surface area contributed by atoms with Gasteiger partial charge in [0.05, 0.1) is 12.6 Å². The lowest BCUT2D eigenvalue weighted by Crippen LogP contribution is -2.39. The number of anilines is 1. The third kappa shape index (κ3) is 3.83. The highest BCUT2D eigenvalue weighted by Crippen LogP contribution is 2.07. The van der Waals surface area contributed by atoms with Crippen LogP contribution in [0, 0.1) is 0 Å². The first-order chi connectivity index (χ1) is 9.69. The molecule has 0 bridgehead atoms. The van der Waals surface area contributed by atoms with Crippen molar-refractivity contribution in [2.24, 2.45) is 0 Å². The molecule has 2 aromatic carbocycles. The van der Waals surface area contributed by atoms with Crippen molar-refractivity contribution in [1.82, 2.24) is 5.32 Å².